The first-order valence-electron chi connectivity index (χ1n) is 5.83. The van der Waals surface area contributed by atoms with Crippen LogP contribution < -0.4 is 10.6 Å². The van der Waals surface area contributed by atoms with E-state index in [0.29, 0.717) is 5.82 Å². The lowest BCUT2D eigenvalue weighted by Gasteiger charge is -2.15. The molecule has 0 aliphatic heterocycles. The first kappa shape index (κ1) is 13.7. The highest BCUT2D eigenvalue weighted by Gasteiger charge is 2.10. The molecule has 0 saturated carbocycles. The van der Waals surface area contributed by atoms with Gasteiger partial charge >= 0.3 is 0 Å². The van der Waals surface area contributed by atoms with Gasteiger partial charge in [0, 0.05) is 18.7 Å². The average Bonchev–Trinajstić information content (AvgIpc) is 2.36. The molecule has 0 radical (unpaired) electrons. The lowest BCUT2D eigenvalue weighted by molar-refractivity contribution is 0.105. The molecule has 0 amide bonds. The van der Waals surface area contributed by atoms with Gasteiger partial charge in [-0.05, 0) is 13.3 Å². The number of nitrogens with zero attached hydrogens (tertiary/aromatic N) is 2. The Bertz CT molecular complexity index is 346. The van der Waals surface area contributed by atoms with Crippen molar-refractivity contribution < 1.29 is 10.2 Å². The highest BCUT2D eigenvalue weighted by Crippen LogP contribution is 2.19. The van der Waals surface area contributed by atoms with Crippen LogP contribution in [-0.2, 0) is 6.42 Å². The molecule has 0 aliphatic rings. The van der Waals surface area contributed by atoms with Gasteiger partial charge in [-0.25, -0.2) is 9.97 Å². The lowest BCUT2D eigenvalue weighted by atomic mass is 10.2. The van der Waals surface area contributed by atoms with Crippen LogP contribution in [0.25, 0.3) is 0 Å². The van der Waals surface area contributed by atoms with Crippen molar-refractivity contribution in [3.63, 3.8) is 0 Å². The second-order valence-electron chi connectivity index (χ2n) is 3.65. The number of aromatic nitrogens is 2. The van der Waals surface area contributed by atoms with Gasteiger partial charge in [0.1, 0.15) is 18.0 Å². The standard InChI is InChI=1S/C11H20N4O2/c1-3-9-10(12-4-2)14-7-15-11(9)13-5-8(17)6-16/h7-8,16-17H,3-6H2,1-2H3,(H2,12,13,14,15). The van der Waals surface area contributed by atoms with E-state index in [1.54, 1.807) is 0 Å². The molecular weight excluding hydrogens is 220 g/mol. The van der Waals surface area contributed by atoms with Crippen LogP contribution in [-0.4, -0.2) is 46.0 Å². The third-order valence-electron chi connectivity index (χ3n) is 2.36. The Morgan fingerprint density at radius 2 is 1.88 bits per heavy atom. The van der Waals surface area contributed by atoms with Crippen LogP contribution in [0.5, 0.6) is 0 Å². The first-order valence-corrected chi connectivity index (χ1v) is 5.83. The van der Waals surface area contributed by atoms with Gasteiger partial charge in [-0.15, -0.1) is 0 Å². The summed E-state index contributed by atoms with van der Waals surface area (Å²) in [5.74, 6) is 1.51. The average molecular weight is 240 g/mol. The summed E-state index contributed by atoms with van der Waals surface area (Å²) in [5, 5.41) is 24.2. The Morgan fingerprint density at radius 3 is 2.41 bits per heavy atom. The van der Waals surface area contributed by atoms with Gasteiger partial charge in [0.05, 0.1) is 12.7 Å². The highest BCUT2D eigenvalue weighted by molar-refractivity contribution is 5.57. The fourth-order valence-corrected chi connectivity index (χ4v) is 1.50. The van der Waals surface area contributed by atoms with E-state index >= 15 is 0 Å². The van der Waals surface area contributed by atoms with Gasteiger partial charge in [-0.2, -0.15) is 0 Å². The minimum absolute atomic E-state index is 0.264. The molecule has 0 saturated heterocycles. The number of aliphatic hydroxyl groups excluding tert-OH is 2. The normalized spacial score (nSPS) is 12.2. The number of hydrogen-bond donors (Lipinski definition) is 4. The summed E-state index contributed by atoms with van der Waals surface area (Å²) in [6.07, 6.45) is 1.49. The zero-order valence-electron chi connectivity index (χ0n) is 10.3. The number of aliphatic hydroxyl groups is 2. The monoisotopic (exact) mass is 240 g/mol. The van der Waals surface area contributed by atoms with Crippen molar-refractivity contribution >= 4 is 11.6 Å². The second kappa shape index (κ2) is 7.03. The van der Waals surface area contributed by atoms with Crippen LogP contribution in [0.15, 0.2) is 6.33 Å². The molecule has 6 nitrogen and oxygen atoms in total. The van der Waals surface area contributed by atoms with Gasteiger partial charge in [-0.3, -0.25) is 0 Å². The lowest BCUT2D eigenvalue weighted by Crippen LogP contribution is -2.24. The first-order chi connectivity index (χ1) is 8.22. The summed E-state index contributed by atoms with van der Waals surface area (Å²) in [7, 11) is 0. The van der Waals surface area contributed by atoms with Gasteiger partial charge < -0.3 is 20.8 Å². The Kier molecular flexibility index (Phi) is 5.65. The maximum atomic E-state index is 9.28. The van der Waals surface area contributed by atoms with Crippen molar-refractivity contribution in [2.45, 2.75) is 26.4 Å². The van der Waals surface area contributed by atoms with Crippen LogP contribution in [0.2, 0.25) is 0 Å². The predicted octanol–water partition coefficient (Wildman–Crippen LogP) is 0.236. The van der Waals surface area contributed by atoms with E-state index in [-0.39, 0.29) is 13.2 Å². The SMILES string of the molecule is CCNc1ncnc(NCC(O)CO)c1CC. The molecule has 0 fully saturated rings. The van der Waals surface area contributed by atoms with Gasteiger partial charge in [0.2, 0.25) is 0 Å². The fourth-order valence-electron chi connectivity index (χ4n) is 1.50. The Hall–Kier alpha value is -1.40. The highest BCUT2D eigenvalue weighted by atomic mass is 16.3. The zero-order chi connectivity index (χ0) is 12.7. The van der Waals surface area contributed by atoms with Crippen LogP contribution in [0.4, 0.5) is 11.6 Å². The zero-order valence-corrected chi connectivity index (χ0v) is 10.3. The summed E-state index contributed by atoms with van der Waals surface area (Å²) in [4.78, 5) is 8.32. The van der Waals surface area contributed by atoms with E-state index in [2.05, 4.69) is 20.6 Å². The summed E-state index contributed by atoms with van der Waals surface area (Å²) in [6, 6.07) is 0. The van der Waals surface area contributed by atoms with Crippen molar-refractivity contribution in [3.8, 4) is 0 Å². The van der Waals surface area contributed by atoms with E-state index in [9.17, 15) is 5.11 Å². The van der Waals surface area contributed by atoms with Crippen LogP contribution in [0, 0.1) is 0 Å². The fraction of sp³-hybridized carbons (Fsp3) is 0.636. The van der Waals surface area contributed by atoms with Crippen molar-refractivity contribution in [1.29, 1.82) is 0 Å². The number of rotatable bonds is 7. The predicted molar refractivity (Wildman–Crippen MR) is 67.2 cm³/mol. The summed E-state index contributed by atoms with van der Waals surface area (Å²) in [5.41, 5.74) is 0.986. The van der Waals surface area contributed by atoms with Gasteiger partial charge in [0.15, 0.2) is 0 Å². The van der Waals surface area contributed by atoms with E-state index in [4.69, 9.17) is 5.11 Å². The third-order valence-corrected chi connectivity index (χ3v) is 2.36. The van der Waals surface area contributed by atoms with Gasteiger partial charge in [-0.1, -0.05) is 6.92 Å². The molecule has 96 valence electrons. The molecule has 17 heavy (non-hydrogen) atoms. The Morgan fingerprint density at radius 1 is 1.24 bits per heavy atom. The Labute approximate surface area is 101 Å². The molecule has 1 unspecified atom stereocenters. The molecule has 1 heterocycles. The molecule has 0 spiro atoms. The maximum absolute atomic E-state index is 9.28. The van der Waals surface area contributed by atoms with Crippen molar-refractivity contribution in [3.05, 3.63) is 11.9 Å². The quantitative estimate of drug-likeness (QED) is 0.546. The molecular formula is C11H20N4O2. The smallest absolute Gasteiger partial charge is 0.134 e. The van der Waals surface area contributed by atoms with Crippen molar-refractivity contribution in [1.82, 2.24) is 9.97 Å². The topological polar surface area (TPSA) is 90.3 Å². The molecule has 6 heteroatoms. The second-order valence-corrected chi connectivity index (χ2v) is 3.65. The minimum Gasteiger partial charge on any atom is -0.394 e. The Balaban J connectivity index is 2.79. The molecule has 0 bridgehead atoms. The maximum Gasteiger partial charge on any atom is 0.134 e. The minimum atomic E-state index is -0.780. The summed E-state index contributed by atoms with van der Waals surface area (Å²) in [6.45, 7) is 4.83. The number of nitrogens with one attached hydrogen (secondary N) is 2. The van der Waals surface area contributed by atoms with Crippen LogP contribution in [0.1, 0.15) is 19.4 Å². The molecule has 0 aliphatic carbocycles. The molecule has 4 N–H and O–H groups in total. The summed E-state index contributed by atoms with van der Waals surface area (Å²) >= 11 is 0. The third kappa shape index (κ3) is 3.83. The number of hydrogen-bond acceptors (Lipinski definition) is 6. The largest absolute Gasteiger partial charge is 0.394 e. The molecule has 0 aromatic carbocycles. The van der Waals surface area contributed by atoms with Gasteiger partial charge in [0.25, 0.3) is 0 Å². The molecule has 1 aromatic rings. The van der Waals surface area contributed by atoms with E-state index in [1.807, 2.05) is 13.8 Å². The number of anilines is 2. The van der Waals surface area contributed by atoms with E-state index in [1.165, 1.54) is 6.33 Å². The molecule has 1 aromatic heterocycles. The van der Waals surface area contributed by atoms with E-state index in [0.717, 1.165) is 24.3 Å². The van der Waals surface area contributed by atoms with Crippen molar-refractivity contribution in [2.75, 3.05) is 30.3 Å². The van der Waals surface area contributed by atoms with Crippen molar-refractivity contribution in [2.24, 2.45) is 0 Å². The van der Waals surface area contributed by atoms with Crippen LogP contribution >= 0.6 is 0 Å². The summed E-state index contributed by atoms with van der Waals surface area (Å²) < 4.78 is 0. The van der Waals surface area contributed by atoms with Crippen LogP contribution in [0.3, 0.4) is 0 Å². The molecule has 1 rings (SSSR count). The molecule has 1 atom stereocenters. The van der Waals surface area contributed by atoms with E-state index < -0.39 is 6.10 Å².